The third kappa shape index (κ3) is 6.84. The summed E-state index contributed by atoms with van der Waals surface area (Å²) in [6, 6.07) is 13.7. The minimum absolute atomic E-state index is 0.117. The molecule has 0 saturated heterocycles. The monoisotopic (exact) mass is 558 g/mol. The van der Waals surface area contributed by atoms with Crippen LogP contribution >= 0.6 is 0 Å². The van der Waals surface area contributed by atoms with Gasteiger partial charge in [-0.05, 0) is 62.2 Å². The summed E-state index contributed by atoms with van der Waals surface area (Å²) in [7, 11) is 0. The maximum Gasteiger partial charge on any atom is 0.573 e. The van der Waals surface area contributed by atoms with Crippen molar-refractivity contribution in [2.75, 3.05) is 13.2 Å². The SMILES string of the molecule is CCOC(=O)C(C(=O)OCC)c1cccc(Cn2nc(-c3nc(-c4ccc(OC(F)(F)F)cc4)no3)cc2C)c1. The molecule has 0 radical (unpaired) electrons. The molecule has 0 saturated carbocycles. The van der Waals surface area contributed by atoms with Gasteiger partial charge in [0.15, 0.2) is 11.6 Å². The lowest BCUT2D eigenvalue weighted by Crippen LogP contribution is -2.26. The molecule has 0 bridgehead atoms. The molecule has 0 spiro atoms. The Morgan fingerprint density at radius 3 is 2.30 bits per heavy atom. The molecule has 13 heteroatoms. The zero-order valence-electron chi connectivity index (χ0n) is 21.8. The number of hydrogen-bond donors (Lipinski definition) is 0. The van der Waals surface area contributed by atoms with E-state index in [1.54, 1.807) is 42.8 Å². The van der Waals surface area contributed by atoms with E-state index in [0.29, 0.717) is 23.4 Å². The van der Waals surface area contributed by atoms with Crippen LogP contribution in [0.25, 0.3) is 23.0 Å². The van der Waals surface area contributed by atoms with Crippen molar-refractivity contribution < 1.29 is 41.5 Å². The summed E-state index contributed by atoms with van der Waals surface area (Å²) < 4.78 is 58.2. The molecule has 0 fully saturated rings. The molecule has 4 aromatic rings. The smallest absolute Gasteiger partial charge is 0.465 e. The van der Waals surface area contributed by atoms with E-state index in [0.717, 1.165) is 23.4 Å². The number of benzene rings is 2. The van der Waals surface area contributed by atoms with Crippen molar-refractivity contribution in [1.29, 1.82) is 0 Å². The number of esters is 2. The summed E-state index contributed by atoms with van der Waals surface area (Å²) in [4.78, 5) is 29.3. The minimum Gasteiger partial charge on any atom is -0.465 e. The molecule has 210 valence electrons. The van der Waals surface area contributed by atoms with Gasteiger partial charge in [-0.25, -0.2) is 0 Å². The Morgan fingerprint density at radius 1 is 1.00 bits per heavy atom. The van der Waals surface area contributed by atoms with Crippen molar-refractivity contribution in [3.05, 3.63) is 71.4 Å². The highest BCUT2D eigenvalue weighted by Crippen LogP contribution is 2.27. The number of rotatable bonds is 10. The molecule has 0 aliphatic carbocycles. The normalized spacial score (nSPS) is 11.5. The lowest BCUT2D eigenvalue weighted by atomic mass is 9.97. The van der Waals surface area contributed by atoms with Crippen LogP contribution in [0.2, 0.25) is 0 Å². The molecule has 2 aromatic carbocycles. The van der Waals surface area contributed by atoms with Crippen molar-refractivity contribution in [2.24, 2.45) is 0 Å². The van der Waals surface area contributed by atoms with Crippen LogP contribution in [-0.2, 0) is 25.6 Å². The summed E-state index contributed by atoms with van der Waals surface area (Å²) in [5.74, 6) is -2.67. The van der Waals surface area contributed by atoms with E-state index in [2.05, 4.69) is 20.0 Å². The van der Waals surface area contributed by atoms with Crippen molar-refractivity contribution in [3.8, 4) is 28.7 Å². The number of carbonyl (C=O) groups excluding carboxylic acids is 2. The summed E-state index contributed by atoms with van der Waals surface area (Å²) >= 11 is 0. The number of nitrogens with zero attached hydrogens (tertiary/aromatic N) is 4. The van der Waals surface area contributed by atoms with Crippen molar-refractivity contribution >= 4 is 11.9 Å². The third-order valence-corrected chi connectivity index (χ3v) is 5.63. The van der Waals surface area contributed by atoms with Gasteiger partial charge < -0.3 is 18.7 Å². The van der Waals surface area contributed by atoms with Crippen LogP contribution in [-0.4, -0.2) is 51.4 Å². The van der Waals surface area contributed by atoms with E-state index < -0.39 is 24.2 Å². The van der Waals surface area contributed by atoms with Gasteiger partial charge in [-0.1, -0.05) is 29.4 Å². The van der Waals surface area contributed by atoms with Gasteiger partial charge in [-0.2, -0.15) is 10.1 Å². The Kier molecular flexibility index (Phi) is 8.51. The van der Waals surface area contributed by atoms with Crippen LogP contribution in [0.4, 0.5) is 13.2 Å². The van der Waals surface area contributed by atoms with Crippen molar-refractivity contribution in [2.45, 2.75) is 39.6 Å². The molecule has 0 aliphatic heterocycles. The average molecular weight is 559 g/mol. The molecule has 0 N–H and O–H groups in total. The van der Waals surface area contributed by atoms with Crippen molar-refractivity contribution in [3.63, 3.8) is 0 Å². The fourth-order valence-electron chi connectivity index (χ4n) is 3.89. The molecule has 0 atom stereocenters. The van der Waals surface area contributed by atoms with Gasteiger partial charge in [0.2, 0.25) is 5.82 Å². The van der Waals surface area contributed by atoms with Gasteiger partial charge in [-0.3, -0.25) is 14.3 Å². The van der Waals surface area contributed by atoms with Gasteiger partial charge in [0.1, 0.15) is 5.75 Å². The molecular weight excluding hydrogens is 533 g/mol. The van der Waals surface area contributed by atoms with Crippen LogP contribution in [0, 0.1) is 6.92 Å². The van der Waals surface area contributed by atoms with E-state index in [1.165, 1.54) is 12.1 Å². The molecule has 10 nitrogen and oxygen atoms in total. The van der Waals surface area contributed by atoms with E-state index in [4.69, 9.17) is 14.0 Å². The molecule has 0 aliphatic rings. The van der Waals surface area contributed by atoms with Gasteiger partial charge in [0, 0.05) is 11.3 Å². The number of hydrogen-bond acceptors (Lipinski definition) is 9. The van der Waals surface area contributed by atoms with Crippen LogP contribution in [0.3, 0.4) is 0 Å². The van der Waals surface area contributed by atoms with E-state index in [1.807, 2.05) is 13.0 Å². The molecular formula is C27H25F3N4O6. The molecule has 2 heterocycles. The molecule has 4 rings (SSSR count). The molecule has 0 amide bonds. The second kappa shape index (κ2) is 12.0. The van der Waals surface area contributed by atoms with E-state index >= 15 is 0 Å². The Morgan fingerprint density at radius 2 is 1.68 bits per heavy atom. The lowest BCUT2D eigenvalue weighted by Gasteiger charge is -2.15. The first-order valence-corrected chi connectivity index (χ1v) is 12.2. The highest BCUT2D eigenvalue weighted by atomic mass is 19.4. The quantitative estimate of drug-likeness (QED) is 0.194. The van der Waals surface area contributed by atoms with Crippen LogP contribution in [0.5, 0.6) is 5.75 Å². The van der Waals surface area contributed by atoms with Crippen LogP contribution < -0.4 is 4.74 Å². The van der Waals surface area contributed by atoms with Crippen LogP contribution in [0.15, 0.2) is 59.1 Å². The van der Waals surface area contributed by atoms with Gasteiger partial charge in [-0.15, -0.1) is 13.2 Å². The fraction of sp³-hybridized carbons (Fsp3) is 0.296. The maximum atomic E-state index is 12.5. The number of ether oxygens (including phenoxy) is 3. The molecule has 0 unspecified atom stereocenters. The Labute approximate surface area is 226 Å². The summed E-state index contributed by atoms with van der Waals surface area (Å²) in [5, 5.41) is 8.43. The van der Waals surface area contributed by atoms with Crippen molar-refractivity contribution in [1.82, 2.24) is 19.9 Å². The molecule has 2 aromatic heterocycles. The minimum atomic E-state index is -4.79. The number of halogens is 3. The largest absolute Gasteiger partial charge is 0.573 e. The third-order valence-electron chi connectivity index (χ3n) is 5.63. The lowest BCUT2D eigenvalue weighted by molar-refractivity contribution is -0.274. The zero-order valence-corrected chi connectivity index (χ0v) is 21.8. The first kappa shape index (κ1) is 28.3. The van der Waals surface area contributed by atoms with Crippen LogP contribution in [0.1, 0.15) is 36.6 Å². The topological polar surface area (TPSA) is 119 Å². The van der Waals surface area contributed by atoms with E-state index in [-0.39, 0.29) is 30.7 Å². The Balaban J connectivity index is 1.52. The summed E-state index contributed by atoms with van der Waals surface area (Å²) in [6.07, 6.45) is -4.79. The highest BCUT2D eigenvalue weighted by Gasteiger charge is 2.32. The predicted molar refractivity (Wildman–Crippen MR) is 134 cm³/mol. The van der Waals surface area contributed by atoms with Gasteiger partial charge >= 0.3 is 18.3 Å². The van der Waals surface area contributed by atoms with Gasteiger partial charge in [0.25, 0.3) is 5.89 Å². The average Bonchev–Trinajstić information content (AvgIpc) is 3.52. The highest BCUT2D eigenvalue weighted by molar-refractivity contribution is 6.00. The number of aromatic nitrogens is 4. The number of carbonyl (C=O) groups is 2. The zero-order chi connectivity index (χ0) is 28.9. The summed E-state index contributed by atoms with van der Waals surface area (Å²) in [5.41, 5.74) is 2.78. The predicted octanol–water partition coefficient (Wildman–Crippen LogP) is 5.07. The number of aryl methyl sites for hydroxylation is 1. The standard InChI is InChI=1S/C27H25F3N4O6/c1-4-37-25(35)22(26(36)38-5-2)19-8-6-7-17(14-19)15-34-16(3)13-21(32-34)24-31-23(33-40-24)18-9-11-20(12-10-18)39-27(28,29)30/h6-14,22H,4-5,15H2,1-3H3. The Bertz CT molecular complexity index is 1460. The first-order chi connectivity index (χ1) is 19.1. The molecule has 40 heavy (non-hydrogen) atoms. The second-order valence-corrected chi connectivity index (χ2v) is 8.51. The number of alkyl halides is 3. The Hall–Kier alpha value is -4.68. The first-order valence-electron chi connectivity index (χ1n) is 12.2. The second-order valence-electron chi connectivity index (χ2n) is 8.51. The summed E-state index contributed by atoms with van der Waals surface area (Å²) in [6.45, 7) is 5.70. The van der Waals surface area contributed by atoms with E-state index in [9.17, 15) is 22.8 Å². The van der Waals surface area contributed by atoms with Gasteiger partial charge in [0.05, 0.1) is 19.8 Å². The fourth-order valence-corrected chi connectivity index (χ4v) is 3.89. The maximum absolute atomic E-state index is 12.5.